The van der Waals surface area contributed by atoms with Crippen molar-refractivity contribution in [2.24, 2.45) is 0 Å². The van der Waals surface area contributed by atoms with Crippen LogP contribution in [0.4, 0.5) is 0 Å². The van der Waals surface area contributed by atoms with E-state index in [0.717, 1.165) is 20.9 Å². The fraction of sp³-hybridized carbons (Fsp3) is 0.250. The zero-order valence-corrected chi connectivity index (χ0v) is 18.9. The number of rotatable bonds is 4. The molecule has 5 rings (SSSR count). The van der Waals surface area contributed by atoms with Gasteiger partial charge in [-0.3, -0.25) is 4.74 Å². The van der Waals surface area contributed by atoms with Gasteiger partial charge in [-0.05, 0) is 75.2 Å². The van der Waals surface area contributed by atoms with E-state index in [0.29, 0.717) is 17.2 Å². The summed E-state index contributed by atoms with van der Waals surface area (Å²) in [6.07, 6.45) is 7.01. The molecule has 0 spiro atoms. The molecule has 3 aromatic heterocycles. The summed E-state index contributed by atoms with van der Waals surface area (Å²) in [6.45, 7) is 7.16. The minimum Gasteiger partial charge on any atom is -0.714 e. The van der Waals surface area contributed by atoms with Crippen molar-refractivity contribution in [3.05, 3.63) is 84.1 Å². The number of aromatic nitrogens is 5. The van der Waals surface area contributed by atoms with Crippen LogP contribution in [0.2, 0.25) is 0 Å². The van der Waals surface area contributed by atoms with Gasteiger partial charge in [0, 0.05) is 30.0 Å². The van der Waals surface area contributed by atoms with Crippen molar-refractivity contribution in [1.82, 2.24) is 29.6 Å². The lowest BCUT2D eigenvalue weighted by molar-refractivity contribution is -0.539. The van der Waals surface area contributed by atoms with Gasteiger partial charge in [0.25, 0.3) is 0 Å². The third-order valence-corrected chi connectivity index (χ3v) is 6.63. The molecule has 4 heterocycles. The lowest BCUT2D eigenvalue weighted by Gasteiger charge is -2.32. The Morgan fingerprint density at radius 3 is 1.88 bits per heavy atom. The van der Waals surface area contributed by atoms with Crippen LogP contribution in [0, 0.1) is 5.21 Å². The highest BCUT2D eigenvalue weighted by Gasteiger charge is 2.59. The topological polar surface area (TPSA) is 97.7 Å². The average molecular weight is 443 g/mol. The monoisotopic (exact) mass is 442 g/mol. The number of amidine groups is 1. The molecule has 4 aromatic rings. The van der Waals surface area contributed by atoms with Crippen LogP contribution in [-0.4, -0.2) is 51.3 Å². The van der Waals surface area contributed by atoms with Gasteiger partial charge in [-0.2, -0.15) is 10.2 Å². The van der Waals surface area contributed by atoms with Crippen LogP contribution in [-0.2, 0) is 5.21 Å². The Morgan fingerprint density at radius 1 is 0.818 bits per heavy atom. The van der Waals surface area contributed by atoms with E-state index in [1.165, 1.54) is 0 Å². The molecule has 1 aliphatic rings. The van der Waals surface area contributed by atoms with Crippen LogP contribution in [0.3, 0.4) is 0 Å². The third-order valence-electron chi connectivity index (χ3n) is 6.63. The molecule has 0 atom stereocenters. The normalized spacial score (nSPS) is 17.1. The molecule has 0 saturated carbocycles. The first-order chi connectivity index (χ1) is 15.7. The number of hydrogen-bond donors (Lipinski definition) is 0. The van der Waals surface area contributed by atoms with Crippen LogP contribution < -0.4 is 0 Å². The second-order valence-electron chi connectivity index (χ2n) is 9.08. The van der Waals surface area contributed by atoms with Crippen molar-refractivity contribution < 1.29 is 9.95 Å². The molecule has 0 bridgehead atoms. The van der Waals surface area contributed by atoms with E-state index in [4.69, 9.17) is 0 Å². The van der Waals surface area contributed by atoms with Gasteiger partial charge in [-0.25, -0.2) is 14.3 Å². The van der Waals surface area contributed by atoms with E-state index in [1.54, 1.807) is 55.5 Å². The maximum absolute atomic E-state index is 13.1. The summed E-state index contributed by atoms with van der Waals surface area (Å²) in [5, 5.41) is 35.7. The van der Waals surface area contributed by atoms with Crippen LogP contribution in [0.25, 0.3) is 22.8 Å². The molecular weight excluding hydrogens is 418 g/mol. The van der Waals surface area contributed by atoms with Crippen molar-refractivity contribution in [1.29, 1.82) is 0 Å². The first kappa shape index (κ1) is 20.9. The quantitative estimate of drug-likeness (QED) is 0.355. The maximum atomic E-state index is 13.1. The zero-order valence-electron chi connectivity index (χ0n) is 18.9. The van der Waals surface area contributed by atoms with E-state index >= 15 is 0 Å². The molecule has 9 heteroatoms. The Labute approximate surface area is 191 Å². The molecule has 167 valence electrons. The smallest absolute Gasteiger partial charge is 0.316 e. The van der Waals surface area contributed by atoms with E-state index in [1.807, 2.05) is 54.9 Å². The summed E-state index contributed by atoms with van der Waals surface area (Å²) in [4.78, 5) is 4.69. The second-order valence-corrected chi connectivity index (χ2v) is 9.08. The number of pyridine rings is 1. The van der Waals surface area contributed by atoms with Gasteiger partial charge < -0.3 is 5.21 Å². The Morgan fingerprint density at radius 2 is 1.39 bits per heavy atom. The van der Waals surface area contributed by atoms with E-state index in [2.05, 4.69) is 15.2 Å². The van der Waals surface area contributed by atoms with Gasteiger partial charge in [0.05, 0.1) is 5.56 Å². The van der Waals surface area contributed by atoms with Gasteiger partial charge in [-0.15, -0.1) is 0 Å². The Kier molecular flexibility index (Phi) is 4.61. The van der Waals surface area contributed by atoms with E-state index in [-0.39, 0.29) is 5.84 Å². The van der Waals surface area contributed by atoms with Crippen molar-refractivity contribution >= 4 is 5.84 Å². The van der Waals surface area contributed by atoms with Crippen molar-refractivity contribution in [3.63, 3.8) is 0 Å². The van der Waals surface area contributed by atoms with Crippen LogP contribution in [0.15, 0.2) is 73.3 Å². The molecule has 0 amide bonds. The predicted octanol–water partition coefficient (Wildman–Crippen LogP) is 3.60. The molecule has 1 radical (unpaired) electrons. The standard InChI is InChI=1S/C24H24N7O2/c1-23(2)24(3,4)31(33)22(30(23)32)18-9-5-8-17(14-18)19-15-20(28-12-6-10-25-28)27-21(16-19)29-13-7-11-26-29/h5-16H,1-4H3. The van der Waals surface area contributed by atoms with Crippen LogP contribution >= 0.6 is 0 Å². The van der Waals surface area contributed by atoms with Crippen LogP contribution in [0.1, 0.15) is 33.3 Å². The van der Waals surface area contributed by atoms with Crippen molar-refractivity contribution in [2.45, 2.75) is 38.8 Å². The molecule has 0 aliphatic carbocycles. The minimum absolute atomic E-state index is 0.112. The average Bonchev–Trinajstić information content (AvgIpc) is 3.55. The molecule has 0 fully saturated rings. The summed E-state index contributed by atoms with van der Waals surface area (Å²) in [7, 11) is 0. The second kappa shape index (κ2) is 7.28. The highest BCUT2D eigenvalue weighted by atomic mass is 16.5. The Balaban J connectivity index is 1.65. The Bertz CT molecular complexity index is 1290. The highest BCUT2D eigenvalue weighted by molar-refractivity contribution is 5.97. The summed E-state index contributed by atoms with van der Waals surface area (Å²) < 4.78 is 4.18. The number of hydrogen-bond acceptors (Lipinski definition) is 5. The van der Waals surface area contributed by atoms with Gasteiger partial charge in [0.2, 0.25) is 0 Å². The summed E-state index contributed by atoms with van der Waals surface area (Å²) in [6, 6.07) is 14.9. The molecule has 0 saturated heterocycles. The van der Waals surface area contributed by atoms with E-state index in [9.17, 15) is 10.4 Å². The lowest BCUT2D eigenvalue weighted by Crippen LogP contribution is -2.53. The zero-order chi connectivity index (χ0) is 23.4. The fourth-order valence-electron chi connectivity index (χ4n) is 3.89. The largest absolute Gasteiger partial charge is 0.714 e. The predicted molar refractivity (Wildman–Crippen MR) is 122 cm³/mol. The number of hydroxylamine groups is 3. The molecule has 9 nitrogen and oxygen atoms in total. The molecular formula is C24H24N7O2. The SMILES string of the molecule is CC1(C)N([O])C(c2cccc(-c3cc(-n4cccn4)nc(-n4cccn4)c3)c2)=[N+]([O-])C1(C)C. The Hall–Kier alpha value is -3.98. The third kappa shape index (κ3) is 3.20. The fourth-order valence-corrected chi connectivity index (χ4v) is 3.89. The summed E-state index contributed by atoms with van der Waals surface area (Å²) >= 11 is 0. The first-order valence-corrected chi connectivity index (χ1v) is 10.6. The molecule has 1 aliphatic heterocycles. The van der Waals surface area contributed by atoms with Gasteiger partial charge in [0.15, 0.2) is 17.2 Å². The maximum Gasteiger partial charge on any atom is 0.316 e. The molecule has 0 unspecified atom stereocenters. The van der Waals surface area contributed by atoms with Crippen molar-refractivity contribution in [3.8, 4) is 22.8 Å². The lowest BCUT2D eigenvalue weighted by atomic mass is 9.84. The number of nitrogens with zero attached hydrogens (tertiary/aromatic N) is 7. The molecule has 33 heavy (non-hydrogen) atoms. The first-order valence-electron chi connectivity index (χ1n) is 10.6. The summed E-state index contributed by atoms with van der Waals surface area (Å²) in [5.41, 5.74) is 0.506. The van der Waals surface area contributed by atoms with E-state index < -0.39 is 11.1 Å². The van der Waals surface area contributed by atoms with Crippen molar-refractivity contribution in [2.75, 3.05) is 0 Å². The van der Waals surface area contributed by atoms with Gasteiger partial charge in [-0.1, -0.05) is 17.2 Å². The van der Waals surface area contributed by atoms with Gasteiger partial charge in [0.1, 0.15) is 5.54 Å². The van der Waals surface area contributed by atoms with Crippen LogP contribution in [0.5, 0.6) is 0 Å². The molecule has 1 aromatic carbocycles. The molecule has 0 N–H and O–H groups in total. The summed E-state index contributed by atoms with van der Waals surface area (Å²) in [5.74, 6) is 1.36. The van der Waals surface area contributed by atoms with Gasteiger partial charge >= 0.3 is 5.84 Å². The minimum atomic E-state index is -0.878. The number of benzene rings is 1. The highest BCUT2D eigenvalue weighted by Crippen LogP contribution is 2.38.